The zero-order valence-corrected chi connectivity index (χ0v) is 15.5. The third-order valence-electron chi connectivity index (χ3n) is 4.52. The Morgan fingerprint density at radius 3 is 2.35 bits per heavy atom. The van der Waals surface area contributed by atoms with Crippen molar-refractivity contribution in [1.29, 1.82) is 0 Å². The first-order chi connectivity index (χ1) is 12.5. The van der Waals surface area contributed by atoms with E-state index in [1.165, 1.54) is 0 Å². The lowest BCUT2D eigenvalue weighted by Gasteiger charge is -2.20. The number of anilines is 2. The fourth-order valence-corrected chi connectivity index (χ4v) is 4.70. The van der Waals surface area contributed by atoms with Gasteiger partial charge in [-0.3, -0.25) is 9.82 Å². The fourth-order valence-electron chi connectivity index (χ4n) is 3.32. The van der Waals surface area contributed by atoms with Gasteiger partial charge in [-0.25, -0.2) is 18.4 Å². The number of rotatable bonds is 4. The van der Waals surface area contributed by atoms with Gasteiger partial charge in [-0.05, 0) is 38.8 Å². The highest BCUT2D eigenvalue weighted by Gasteiger charge is 2.27. The number of fused-ring (bicyclic) bond motifs is 1. The Morgan fingerprint density at radius 2 is 1.73 bits per heavy atom. The molecule has 3 heterocycles. The second-order valence-electron chi connectivity index (χ2n) is 6.45. The quantitative estimate of drug-likeness (QED) is 0.729. The van der Waals surface area contributed by atoms with Crippen molar-refractivity contribution >= 4 is 32.7 Å². The summed E-state index contributed by atoms with van der Waals surface area (Å²) in [7, 11) is -3.82. The predicted octanol–water partition coefficient (Wildman–Crippen LogP) is 2.37. The molecule has 0 radical (unpaired) electrons. The molecular formula is C17H20N6O2S. The summed E-state index contributed by atoms with van der Waals surface area (Å²) in [6.45, 7) is 5.02. The molecule has 0 unspecified atom stereocenters. The molecule has 8 nitrogen and oxygen atoms in total. The topological polar surface area (TPSA) is 104 Å². The maximum atomic E-state index is 13.0. The van der Waals surface area contributed by atoms with Crippen LogP contribution in [0.1, 0.15) is 24.2 Å². The van der Waals surface area contributed by atoms with Crippen LogP contribution in [0, 0.1) is 13.8 Å². The molecule has 0 aliphatic carbocycles. The Morgan fingerprint density at radius 1 is 1.08 bits per heavy atom. The van der Waals surface area contributed by atoms with Crippen LogP contribution >= 0.6 is 0 Å². The van der Waals surface area contributed by atoms with Gasteiger partial charge in [0.15, 0.2) is 11.6 Å². The van der Waals surface area contributed by atoms with Gasteiger partial charge >= 0.3 is 0 Å². The van der Waals surface area contributed by atoms with Crippen molar-refractivity contribution in [2.75, 3.05) is 22.7 Å². The summed E-state index contributed by atoms with van der Waals surface area (Å²) in [4.78, 5) is 11.5. The molecule has 1 aliphatic heterocycles. The monoisotopic (exact) mass is 372 g/mol. The Kier molecular flexibility index (Phi) is 4.03. The Hall–Kier alpha value is -2.68. The lowest BCUT2D eigenvalue weighted by Crippen LogP contribution is -2.24. The van der Waals surface area contributed by atoms with Gasteiger partial charge in [0.25, 0.3) is 10.0 Å². The second-order valence-corrected chi connectivity index (χ2v) is 8.07. The van der Waals surface area contributed by atoms with Crippen LogP contribution in [0.3, 0.4) is 0 Å². The van der Waals surface area contributed by atoms with Gasteiger partial charge in [-0.2, -0.15) is 5.10 Å². The van der Waals surface area contributed by atoms with E-state index in [2.05, 4.69) is 29.8 Å². The van der Waals surface area contributed by atoms with E-state index in [1.54, 1.807) is 13.8 Å². The van der Waals surface area contributed by atoms with Crippen molar-refractivity contribution in [3.63, 3.8) is 0 Å². The first-order valence-electron chi connectivity index (χ1n) is 8.52. The molecule has 0 spiro atoms. The molecule has 2 aromatic heterocycles. The van der Waals surface area contributed by atoms with E-state index in [4.69, 9.17) is 0 Å². The van der Waals surface area contributed by atoms with Crippen LogP contribution in [0.15, 0.2) is 29.2 Å². The molecule has 1 fully saturated rings. The van der Waals surface area contributed by atoms with Gasteiger partial charge in [0, 0.05) is 13.1 Å². The number of aryl methyl sites for hydroxylation is 2. The summed E-state index contributed by atoms with van der Waals surface area (Å²) in [5.74, 6) is 0.828. The van der Waals surface area contributed by atoms with Gasteiger partial charge in [0.05, 0.1) is 22.4 Å². The SMILES string of the molecule is Cc1n[nH]c(C)c1S(=O)(=O)Nc1nc2ccccc2nc1N1CCCC1. The molecule has 1 aromatic carbocycles. The largest absolute Gasteiger partial charge is 0.354 e. The Bertz CT molecular complexity index is 1050. The molecule has 26 heavy (non-hydrogen) atoms. The number of aromatic nitrogens is 4. The van der Waals surface area contributed by atoms with E-state index in [0.29, 0.717) is 22.7 Å². The highest BCUT2D eigenvalue weighted by Crippen LogP contribution is 2.30. The number of nitrogens with one attached hydrogen (secondary N) is 2. The van der Waals surface area contributed by atoms with Gasteiger partial charge in [0.2, 0.25) is 0 Å². The summed E-state index contributed by atoms with van der Waals surface area (Å²) in [6.07, 6.45) is 2.11. The molecule has 9 heteroatoms. The van der Waals surface area contributed by atoms with Crippen LogP contribution in [-0.4, -0.2) is 41.7 Å². The molecule has 0 bridgehead atoms. The van der Waals surface area contributed by atoms with Crippen molar-refractivity contribution in [1.82, 2.24) is 20.2 Å². The highest BCUT2D eigenvalue weighted by molar-refractivity contribution is 7.92. The number of aromatic amines is 1. The summed E-state index contributed by atoms with van der Waals surface area (Å²) < 4.78 is 28.5. The van der Waals surface area contributed by atoms with Crippen molar-refractivity contribution in [3.05, 3.63) is 35.7 Å². The van der Waals surface area contributed by atoms with Gasteiger partial charge in [-0.1, -0.05) is 12.1 Å². The molecule has 136 valence electrons. The number of hydrogen-bond acceptors (Lipinski definition) is 6. The average Bonchev–Trinajstić information content (AvgIpc) is 3.24. The minimum absolute atomic E-state index is 0.153. The zero-order valence-electron chi connectivity index (χ0n) is 14.7. The van der Waals surface area contributed by atoms with E-state index < -0.39 is 10.0 Å². The number of hydrogen-bond donors (Lipinski definition) is 2. The maximum absolute atomic E-state index is 13.0. The molecule has 0 amide bonds. The highest BCUT2D eigenvalue weighted by atomic mass is 32.2. The summed E-state index contributed by atoms with van der Waals surface area (Å²) in [5, 5.41) is 6.70. The van der Waals surface area contributed by atoms with Crippen molar-refractivity contribution < 1.29 is 8.42 Å². The Balaban J connectivity index is 1.83. The predicted molar refractivity (Wildman–Crippen MR) is 99.9 cm³/mol. The second kappa shape index (κ2) is 6.24. The summed E-state index contributed by atoms with van der Waals surface area (Å²) >= 11 is 0. The number of nitrogens with zero attached hydrogens (tertiary/aromatic N) is 4. The molecule has 3 aromatic rings. The molecule has 0 saturated carbocycles. The van der Waals surface area contributed by atoms with Gasteiger partial charge in [0.1, 0.15) is 4.90 Å². The van der Waals surface area contributed by atoms with Crippen LogP contribution in [0.5, 0.6) is 0 Å². The van der Waals surface area contributed by atoms with E-state index in [-0.39, 0.29) is 10.7 Å². The van der Waals surface area contributed by atoms with Crippen LogP contribution < -0.4 is 9.62 Å². The lowest BCUT2D eigenvalue weighted by atomic mass is 10.3. The van der Waals surface area contributed by atoms with Crippen molar-refractivity contribution in [2.24, 2.45) is 0 Å². The fraction of sp³-hybridized carbons (Fsp3) is 0.353. The minimum Gasteiger partial charge on any atom is -0.354 e. The summed E-state index contributed by atoms with van der Waals surface area (Å²) in [5.41, 5.74) is 2.31. The summed E-state index contributed by atoms with van der Waals surface area (Å²) in [6, 6.07) is 7.45. The number of sulfonamides is 1. The minimum atomic E-state index is -3.82. The van der Waals surface area contributed by atoms with E-state index in [0.717, 1.165) is 31.4 Å². The third-order valence-corrected chi connectivity index (χ3v) is 6.12. The number of benzene rings is 1. The van der Waals surface area contributed by atoms with Crippen LogP contribution in [0.2, 0.25) is 0 Å². The van der Waals surface area contributed by atoms with E-state index in [9.17, 15) is 8.42 Å². The molecular weight excluding hydrogens is 352 g/mol. The van der Waals surface area contributed by atoms with Crippen LogP contribution in [0.4, 0.5) is 11.6 Å². The first kappa shape index (κ1) is 16.8. The van der Waals surface area contributed by atoms with Crippen molar-refractivity contribution in [2.45, 2.75) is 31.6 Å². The van der Waals surface area contributed by atoms with E-state index >= 15 is 0 Å². The zero-order chi connectivity index (χ0) is 18.3. The number of H-pyrrole nitrogens is 1. The van der Waals surface area contributed by atoms with Crippen LogP contribution in [0.25, 0.3) is 11.0 Å². The normalized spacial score (nSPS) is 14.9. The Labute approximate surface area is 151 Å². The average molecular weight is 372 g/mol. The molecule has 0 atom stereocenters. The lowest BCUT2D eigenvalue weighted by molar-refractivity contribution is 0.600. The van der Waals surface area contributed by atoms with Gasteiger partial charge < -0.3 is 4.90 Å². The smallest absolute Gasteiger partial charge is 0.266 e. The molecule has 4 rings (SSSR count). The third kappa shape index (κ3) is 2.88. The maximum Gasteiger partial charge on any atom is 0.266 e. The van der Waals surface area contributed by atoms with Crippen molar-refractivity contribution in [3.8, 4) is 0 Å². The molecule has 2 N–H and O–H groups in total. The van der Waals surface area contributed by atoms with E-state index in [1.807, 2.05) is 24.3 Å². The number of para-hydroxylation sites is 2. The molecule has 1 aliphatic rings. The van der Waals surface area contributed by atoms with Crippen LogP contribution in [-0.2, 0) is 10.0 Å². The first-order valence-corrected chi connectivity index (χ1v) is 10.00. The molecule has 1 saturated heterocycles. The van der Waals surface area contributed by atoms with Gasteiger partial charge in [-0.15, -0.1) is 0 Å². The standard InChI is InChI=1S/C17H20N6O2S/c1-11-15(12(2)21-20-11)26(24,25)22-16-17(23-9-5-6-10-23)19-14-8-4-3-7-13(14)18-16/h3-4,7-8H,5-6,9-10H2,1-2H3,(H,18,22)(H,20,21).